The topological polar surface area (TPSA) is 58.3 Å². The molecule has 1 aromatic carbocycles. The number of hydrogen-bond donors (Lipinski definition) is 0. The molecule has 0 aliphatic rings. The first-order valence-corrected chi connectivity index (χ1v) is 8.92. The molecule has 0 N–H and O–H groups in total. The first kappa shape index (κ1) is 18.7. The van der Waals surface area contributed by atoms with Gasteiger partial charge in [0.25, 0.3) is 0 Å². The Morgan fingerprint density at radius 3 is 2.65 bits per heavy atom. The number of imidazole rings is 1. The lowest BCUT2D eigenvalue weighted by Crippen LogP contribution is -2.20. The number of benzene rings is 1. The molecule has 0 radical (unpaired) electrons. The Hall–Kier alpha value is -2.09. The molecule has 0 saturated heterocycles. The first-order valence-electron chi connectivity index (χ1n) is 7.75. The van der Waals surface area contributed by atoms with Gasteiger partial charge in [0.15, 0.2) is 12.5 Å². The third kappa shape index (κ3) is 3.56. The van der Waals surface area contributed by atoms with Crippen LogP contribution < -0.4 is 10.4 Å². The molecule has 0 saturated carbocycles. The van der Waals surface area contributed by atoms with Crippen LogP contribution in [0.5, 0.6) is 5.75 Å². The van der Waals surface area contributed by atoms with Crippen LogP contribution in [0.2, 0.25) is 5.02 Å². The Morgan fingerprint density at radius 1 is 1.27 bits per heavy atom. The van der Waals surface area contributed by atoms with Crippen LogP contribution in [0.1, 0.15) is 5.69 Å². The number of rotatable bonds is 5. The van der Waals surface area contributed by atoms with Gasteiger partial charge in [-0.2, -0.15) is 0 Å². The van der Waals surface area contributed by atoms with Crippen LogP contribution in [-0.4, -0.2) is 28.0 Å². The zero-order valence-corrected chi connectivity index (χ0v) is 16.8. The van der Waals surface area contributed by atoms with Crippen molar-refractivity contribution in [1.82, 2.24) is 14.1 Å². The number of methoxy groups -OCH3 is 1. The van der Waals surface area contributed by atoms with Crippen molar-refractivity contribution in [2.45, 2.75) is 6.92 Å². The monoisotopic (exact) mass is 437 g/mol. The van der Waals surface area contributed by atoms with Gasteiger partial charge in [-0.25, -0.2) is 9.78 Å². The summed E-state index contributed by atoms with van der Waals surface area (Å²) in [6.07, 6.45) is 3.37. The number of aryl methyl sites for hydroxylation is 2. The smallest absolute Gasteiger partial charge is 0.332 e. The molecule has 0 bridgehead atoms. The number of hydrogen-bond acceptors (Lipinski definition) is 4. The summed E-state index contributed by atoms with van der Waals surface area (Å²) in [6, 6.07) is 7.41. The zero-order valence-electron chi connectivity index (χ0n) is 14.5. The van der Waals surface area contributed by atoms with Crippen LogP contribution >= 0.6 is 27.5 Å². The van der Waals surface area contributed by atoms with E-state index in [4.69, 9.17) is 21.1 Å². The number of halogens is 2. The molecule has 0 unspecified atom stereocenters. The van der Waals surface area contributed by atoms with Crippen LogP contribution in [0.15, 0.2) is 46.1 Å². The van der Waals surface area contributed by atoms with E-state index in [2.05, 4.69) is 20.9 Å². The van der Waals surface area contributed by atoms with Crippen LogP contribution in [0.4, 0.5) is 0 Å². The van der Waals surface area contributed by atoms with E-state index in [0.29, 0.717) is 21.1 Å². The third-order valence-electron chi connectivity index (χ3n) is 3.85. The van der Waals surface area contributed by atoms with E-state index in [0.717, 1.165) is 16.8 Å². The van der Waals surface area contributed by atoms with E-state index < -0.39 is 0 Å². The molecule has 0 fully saturated rings. The van der Waals surface area contributed by atoms with Gasteiger partial charge in [0.2, 0.25) is 0 Å². The van der Waals surface area contributed by atoms with Crippen molar-refractivity contribution in [3.8, 4) is 22.6 Å². The molecule has 8 heteroatoms. The fourth-order valence-corrected chi connectivity index (χ4v) is 3.49. The largest absolute Gasteiger partial charge is 0.464 e. The quantitative estimate of drug-likeness (QED) is 0.447. The summed E-state index contributed by atoms with van der Waals surface area (Å²) in [5.74, 6) is 0.568. The van der Waals surface area contributed by atoms with Crippen molar-refractivity contribution in [2.24, 2.45) is 7.05 Å². The summed E-state index contributed by atoms with van der Waals surface area (Å²) in [5, 5.41) is 0.457. The van der Waals surface area contributed by atoms with Gasteiger partial charge in [0.1, 0.15) is 4.60 Å². The zero-order chi connectivity index (χ0) is 18.8. The van der Waals surface area contributed by atoms with Gasteiger partial charge in [-0.15, -0.1) is 0 Å². The van der Waals surface area contributed by atoms with E-state index in [1.54, 1.807) is 32.6 Å². The maximum absolute atomic E-state index is 12.2. The highest BCUT2D eigenvalue weighted by molar-refractivity contribution is 9.10. The number of pyridine rings is 1. The molecule has 26 heavy (non-hydrogen) atoms. The normalized spacial score (nSPS) is 11.0. The lowest BCUT2D eigenvalue weighted by atomic mass is 10.0. The van der Waals surface area contributed by atoms with E-state index in [1.165, 1.54) is 9.13 Å². The van der Waals surface area contributed by atoms with E-state index >= 15 is 0 Å². The Bertz CT molecular complexity index is 1010. The molecule has 2 aromatic heterocycles. The minimum atomic E-state index is -0.161. The predicted molar refractivity (Wildman–Crippen MR) is 104 cm³/mol. The van der Waals surface area contributed by atoms with Crippen molar-refractivity contribution in [1.29, 1.82) is 0 Å². The SMILES string of the molecule is COCOc1c(-c2ccc(-n3ccn(C)c3=O)c(Cl)c2)cc(C)nc1Br. The van der Waals surface area contributed by atoms with Crippen molar-refractivity contribution in [2.75, 3.05) is 13.9 Å². The third-order valence-corrected chi connectivity index (χ3v) is 4.69. The molecule has 0 aliphatic carbocycles. The van der Waals surface area contributed by atoms with Gasteiger partial charge >= 0.3 is 5.69 Å². The van der Waals surface area contributed by atoms with Gasteiger partial charge in [-0.1, -0.05) is 17.7 Å². The Balaban J connectivity index is 2.10. The van der Waals surface area contributed by atoms with E-state index in [1.807, 2.05) is 25.1 Å². The van der Waals surface area contributed by atoms with Gasteiger partial charge < -0.3 is 14.0 Å². The molecule has 2 heterocycles. The Labute approximate surface area is 164 Å². The maximum Gasteiger partial charge on any atom is 0.332 e. The molecular weight excluding hydrogens is 422 g/mol. The predicted octanol–water partition coefficient (Wildman–Crippen LogP) is 3.95. The Kier molecular flexibility index (Phi) is 5.50. The summed E-state index contributed by atoms with van der Waals surface area (Å²) < 4.78 is 14.3. The van der Waals surface area contributed by atoms with Crippen LogP contribution in [0, 0.1) is 6.92 Å². The average Bonchev–Trinajstić information content (AvgIpc) is 2.93. The highest BCUT2D eigenvalue weighted by Crippen LogP contribution is 2.38. The number of ether oxygens (including phenoxy) is 2. The number of nitrogens with zero attached hydrogens (tertiary/aromatic N) is 3. The second-order valence-corrected chi connectivity index (χ2v) is 6.87. The molecule has 0 amide bonds. The summed E-state index contributed by atoms with van der Waals surface area (Å²) >= 11 is 9.90. The molecule has 3 rings (SSSR count). The van der Waals surface area contributed by atoms with Crippen molar-refractivity contribution in [3.05, 3.63) is 62.5 Å². The molecule has 0 atom stereocenters. The molecule has 3 aromatic rings. The summed E-state index contributed by atoms with van der Waals surface area (Å²) in [4.78, 5) is 16.5. The molecule has 0 aliphatic heterocycles. The van der Waals surface area contributed by atoms with Gasteiger partial charge in [0.05, 0.1) is 10.7 Å². The van der Waals surface area contributed by atoms with Crippen LogP contribution in [-0.2, 0) is 11.8 Å². The van der Waals surface area contributed by atoms with Crippen molar-refractivity contribution < 1.29 is 9.47 Å². The lowest BCUT2D eigenvalue weighted by molar-refractivity contribution is 0.0506. The van der Waals surface area contributed by atoms with Crippen molar-refractivity contribution in [3.63, 3.8) is 0 Å². The van der Waals surface area contributed by atoms with Gasteiger partial charge in [-0.3, -0.25) is 4.57 Å². The summed E-state index contributed by atoms with van der Waals surface area (Å²) in [6.45, 7) is 2.00. The fourth-order valence-electron chi connectivity index (χ4n) is 2.61. The molecule has 6 nitrogen and oxygen atoms in total. The average molecular weight is 439 g/mol. The van der Waals surface area contributed by atoms with Crippen molar-refractivity contribution >= 4 is 27.5 Å². The van der Waals surface area contributed by atoms with Gasteiger partial charge in [0, 0.05) is 37.8 Å². The highest BCUT2D eigenvalue weighted by Gasteiger charge is 2.15. The molecular formula is C18H17BrClN3O3. The van der Waals surface area contributed by atoms with E-state index in [9.17, 15) is 4.79 Å². The van der Waals surface area contributed by atoms with Crippen LogP contribution in [0.3, 0.4) is 0 Å². The van der Waals surface area contributed by atoms with Gasteiger partial charge in [-0.05, 0) is 46.6 Å². The Morgan fingerprint density at radius 2 is 2.04 bits per heavy atom. The number of aromatic nitrogens is 3. The highest BCUT2D eigenvalue weighted by atomic mass is 79.9. The molecule has 0 spiro atoms. The van der Waals surface area contributed by atoms with E-state index in [-0.39, 0.29) is 12.5 Å². The standard InChI is InChI=1S/C18H17BrClN3O3/c1-11-8-13(16(17(19)21-11)26-10-25-3)12-4-5-15(14(20)9-12)23-7-6-22(2)18(23)24/h4-9H,10H2,1-3H3. The summed E-state index contributed by atoms with van der Waals surface area (Å²) in [7, 11) is 3.25. The second-order valence-electron chi connectivity index (χ2n) is 5.71. The second kappa shape index (κ2) is 7.65. The maximum atomic E-state index is 12.2. The fraction of sp³-hybridized carbons (Fsp3) is 0.222. The molecule has 136 valence electrons. The minimum Gasteiger partial charge on any atom is -0.464 e. The minimum absolute atomic E-state index is 0.0988. The first-order chi connectivity index (χ1) is 12.4. The lowest BCUT2D eigenvalue weighted by Gasteiger charge is -2.14. The summed E-state index contributed by atoms with van der Waals surface area (Å²) in [5.41, 5.74) is 2.96. The van der Waals surface area contributed by atoms with Crippen LogP contribution in [0.25, 0.3) is 16.8 Å².